The summed E-state index contributed by atoms with van der Waals surface area (Å²) in [5.74, 6) is -0.725. The molecule has 0 radical (unpaired) electrons. The molecule has 0 aromatic heterocycles. The van der Waals surface area contributed by atoms with Crippen molar-refractivity contribution in [3.63, 3.8) is 0 Å². The number of hydrogen-bond donors (Lipinski definition) is 1. The summed E-state index contributed by atoms with van der Waals surface area (Å²) in [5, 5.41) is 9.61. The Labute approximate surface area is 108 Å². The fourth-order valence-corrected chi connectivity index (χ4v) is 2.44. The van der Waals surface area contributed by atoms with E-state index in [0.29, 0.717) is 0 Å². The zero-order chi connectivity index (χ0) is 10.9. The summed E-state index contributed by atoms with van der Waals surface area (Å²) in [6.07, 6.45) is 0.279. The molecule has 4 nitrogen and oxygen atoms in total. The monoisotopic (exact) mass is 232 g/mol. The molecule has 0 rings (SSSR count). The molecule has 0 aromatic rings. The molecule has 1 N–H and O–H groups in total. The average Bonchev–Trinajstić information content (AvgIpc) is 1.43. The maximum atomic E-state index is 10.4. The molecule has 0 saturated carbocycles. The quantitative estimate of drug-likeness (QED) is 0.439. The standard InChI is InChI=1S/C8H18O4S.Na/c1-7(2,3)5-8(4,9)6-13(10,11)12;/h9H,5-6H2,1-4H3,(H,10,11,12);/q;+1/p-1. The third-order valence-corrected chi connectivity index (χ3v) is 2.37. The molecule has 14 heavy (non-hydrogen) atoms. The van der Waals surface area contributed by atoms with Crippen LogP contribution in [0.1, 0.15) is 34.1 Å². The van der Waals surface area contributed by atoms with Gasteiger partial charge in [-0.05, 0) is 18.8 Å². The van der Waals surface area contributed by atoms with Gasteiger partial charge in [0.25, 0.3) is 0 Å². The molecular weight excluding hydrogens is 215 g/mol. The molecular formula is C8H17NaO4S. The molecule has 1 atom stereocenters. The summed E-state index contributed by atoms with van der Waals surface area (Å²) in [6.45, 7) is 6.99. The van der Waals surface area contributed by atoms with Crippen LogP contribution in [0.3, 0.4) is 0 Å². The Morgan fingerprint density at radius 3 is 1.79 bits per heavy atom. The van der Waals surface area contributed by atoms with Crippen molar-refractivity contribution in [3.05, 3.63) is 0 Å². The molecule has 1 unspecified atom stereocenters. The van der Waals surface area contributed by atoms with Crippen LogP contribution >= 0.6 is 0 Å². The molecule has 0 fully saturated rings. The second kappa shape index (κ2) is 5.27. The first kappa shape index (κ1) is 17.3. The molecule has 6 heteroatoms. The van der Waals surface area contributed by atoms with Crippen molar-refractivity contribution in [1.29, 1.82) is 0 Å². The van der Waals surface area contributed by atoms with E-state index in [0.717, 1.165) is 0 Å². The molecule has 0 spiro atoms. The van der Waals surface area contributed by atoms with Crippen LogP contribution in [0.25, 0.3) is 0 Å². The summed E-state index contributed by atoms with van der Waals surface area (Å²) in [5.41, 5.74) is -1.63. The smallest absolute Gasteiger partial charge is 0.748 e. The van der Waals surface area contributed by atoms with Gasteiger partial charge in [-0.1, -0.05) is 20.8 Å². The van der Waals surface area contributed by atoms with Crippen molar-refractivity contribution in [1.82, 2.24) is 0 Å². The van der Waals surface area contributed by atoms with Crippen molar-refractivity contribution < 1.29 is 47.6 Å². The Bertz CT molecular complexity index is 264. The van der Waals surface area contributed by atoms with E-state index in [-0.39, 0.29) is 41.4 Å². The van der Waals surface area contributed by atoms with Gasteiger partial charge in [-0.2, -0.15) is 0 Å². The van der Waals surface area contributed by atoms with E-state index in [9.17, 15) is 18.1 Å². The fourth-order valence-electron chi connectivity index (χ4n) is 1.57. The first-order chi connectivity index (χ1) is 5.41. The van der Waals surface area contributed by atoms with Gasteiger partial charge in [0.1, 0.15) is 0 Å². The predicted molar refractivity (Wildman–Crippen MR) is 49.3 cm³/mol. The summed E-state index contributed by atoms with van der Waals surface area (Å²) in [7, 11) is -4.35. The van der Waals surface area contributed by atoms with Crippen LogP contribution < -0.4 is 29.6 Å². The third-order valence-electron chi connectivity index (χ3n) is 1.40. The second-order valence-electron chi connectivity index (χ2n) is 4.94. The maximum absolute atomic E-state index is 10.4. The van der Waals surface area contributed by atoms with Gasteiger partial charge in [0.15, 0.2) is 0 Å². The topological polar surface area (TPSA) is 77.4 Å². The van der Waals surface area contributed by atoms with Gasteiger partial charge in [0.05, 0.1) is 21.5 Å². The molecule has 0 heterocycles. The Morgan fingerprint density at radius 2 is 1.57 bits per heavy atom. The van der Waals surface area contributed by atoms with Crippen molar-refractivity contribution in [3.8, 4) is 0 Å². The Morgan fingerprint density at radius 1 is 1.21 bits per heavy atom. The predicted octanol–water partition coefficient (Wildman–Crippen LogP) is -2.28. The number of aliphatic hydroxyl groups is 1. The van der Waals surface area contributed by atoms with Crippen LogP contribution in [0, 0.1) is 5.41 Å². The molecule has 0 bridgehead atoms. The summed E-state index contributed by atoms with van der Waals surface area (Å²) >= 11 is 0. The number of rotatable bonds is 3. The zero-order valence-electron chi connectivity index (χ0n) is 9.49. The van der Waals surface area contributed by atoms with Crippen LogP contribution in [-0.4, -0.2) is 29.4 Å². The van der Waals surface area contributed by atoms with Crippen molar-refractivity contribution in [2.45, 2.75) is 39.7 Å². The van der Waals surface area contributed by atoms with E-state index in [1.54, 1.807) is 0 Å². The Kier molecular flexibility index (Phi) is 6.51. The summed E-state index contributed by atoms with van der Waals surface area (Å²) < 4.78 is 31.3. The summed E-state index contributed by atoms with van der Waals surface area (Å²) in [6, 6.07) is 0. The van der Waals surface area contributed by atoms with Gasteiger partial charge in [-0.25, -0.2) is 8.42 Å². The third kappa shape index (κ3) is 10.9. The van der Waals surface area contributed by atoms with Crippen LogP contribution in [0.2, 0.25) is 0 Å². The molecule has 0 aromatic carbocycles. The van der Waals surface area contributed by atoms with Crippen LogP contribution in [0.5, 0.6) is 0 Å². The molecule has 0 aliphatic carbocycles. The van der Waals surface area contributed by atoms with E-state index >= 15 is 0 Å². The van der Waals surface area contributed by atoms with Crippen LogP contribution in [0.15, 0.2) is 0 Å². The zero-order valence-corrected chi connectivity index (χ0v) is 12.3. The summed E-state index contributed by atoms with van der Waals surface area (Å²) in [4.78, 5) is 0. The first-order valence-electron chi connectivity index (χ1n) is 4.07. The van der Waals surface area contributed by atoms with Crippen LogP contribution in [0.4, 0.5) is 0 Å². The minimum Gasteiger partial charge on any atom is -0.748 e. The SMILES string of the molecule is CC(C)(C)CC(C)(O)CS(=O)(=O)[O-].[Na+]. The van der Waals surface area contributed by atoms with E-state index in [2.05, 4.69) is 0 Å². The van der Waals surface area contributed by atoms with Gasteiger partial charge >= 0.3 is 29.6 Å². The molecule has 0 aliphatic heterocycles. The molecule has 0 saturated heterocycles. The minimum absolute atomic E-state index is 0. The molecule has 0 amide bonds. The Balaban J connectivity index is 0. The van der Waals surface area contributed by atoms with Crippen molar-refractivity contribution in [2.24, 2.45) is 5.41 Å². The van der Waals surface area contributed by atoms with Crippen molar-refractivity contribution in [2.75, 3.05) is 5.75 Å². The van der Waals surface area contributed by atoms with E-state index < -0.39 is 21.5 Å². The average molecular weight is 232 g/mol. The molecule has 80 valence electrons. The van der Waals surface area contributed by atoms with E-state index in [4.69, 9.17) is 0 Å². The minimum atomic E-state index is -4.35. The second-order valence-corrected chi connectivity index (χ2v) is 6.34. The fraction of sp³-hybridized carbons (Fsp3) is 1.00. The largest absolute Gasteiger partial charge is 1.00 e. The maximum Gasteiger partial charge on any atom is 1.00 e. The molecule has 0 aliphatic rings. The normalized spacial score (nSPS) is 17.0. The first-order valence-corrected chi connectivity index (χ1v) is 5.65. The van der Waals surface area contributed by atoms with Gasteiger partial charge < -0.3 is 9.66 Å². The van der Waals surface area contributed by atoms with E-state index in [1.807, 2.05) is 20.8 Å². The Hall–Kier alpha value is 0.870. The van der Waals surface area contributed by atoms with Crippen molar-refractivity contribution >= 4 is 10.1 Å². The number of hydrogen-bond acceptors (Lipinski definition) is 4. The van der Waals surface area contributed by atoms with Gasteiger partial charge in [-0.3, -0.25) is 0 Å². The van der Waals surface area contributed by atoms with E-state index in [1.165, 1.54) is 6.92 Å². The van der Waals surface area contributed by atoms with Gasteiger partial charge in [0.2, 0.25) is 0 Å². The van der Waals surface area contributed by atoms with Gasteiger partial charge in [0, 0.05) is 0 Å². The van der Waals surface area contributed by atoms with Gasteiger partial charge in [-0.15, -0.1) is 0 Å². The van der Waals surface area contributed by atoms with Crippen LogP contribution in [-0.2, 0) is 10.1 Å².